The molecular formula is C21H18N2O3. The maximum absolute atomic E-state index is 11.2. The van der Waals surface area contributed by atoms with E-state index >= 15 is 0 Å². The van der Waals surface area contributed by atoms with Gasteiger partial charge in [0.15, 0.2) is 0 Å². The van der Waals surface area contributed by atoms with E-state index in [1.165, 1.54) is 6.07 Å². The van der Waals surface area contributed by atoms with Crippen LogP contribution in [0.3, 0.4) is 0 Å². The Hall–Kier alpha value is -3.18. The van der Waals surface area contributed by atoms with Gasteiger partial charge in [-0.1, -0.05) is 60.7 Å². The number of nitro groups is 1. The van der Waals surface area contributed by atoms with Crippen molar-refractivity contribution in [1.29, 1.82) is 0 Å². The zero-order chi connectivity index (χ0) is 17.9. The number of para-hydroxylation sites is 1. The number of hydroxylamine groups is 1. The van der Waals surface area contributed by atoms with Crippen molar-refractivity contribution in [3.8, 4) is 0 Å². The van der Waals surface area contributed by atoms with E-state index in [2.05, 4.69) is 0 Å². The third-order valence-corrected chi connectivity index (χ3v) is 4.61. The summed E-state index contributed by atoms with van der Waals surface area (Å²) in [5, 5.41) is 13.0. The van der Waals surface area contributed by atoms with Gasteiger partial charge < -0.3 is 0 Å². The fourth-order valence-electron chi connectivity index (χ4n) is 3.35. The van der Waals surface area contributed by atoms with Crippen LogP contribution in [0.4, 0.5) is 11.4 Å². The summed E-state index contributed by atoms with van der Waals surface area (Å²) in [5.74, 6) is 0. The van der Waals surface area contributed by atoms with Crippen molar-refractivity contribution in [3.05, 3.63) is 106 Å². The van der Waals surface area contributed by atoms with Gasteiger partial charge >= 0.3 is 0 Å². The van der Waals surface area contributed by atoms with Crippen molar-refractivity contribution in [1.82, 2.24) is 0 Å². The second kappa shape index (κ2) is 6.98. The molecule has 26 heavy (non-hydrogen) atoms. The van der Waals surface area contributed by atoms with Gasteiger partial charge in [0.2, 0.25) is 0 Å². The largest absolute Gasteiger partial charge is 0.269 e. The van der Waals surface area contributed by atoms with E-state index < -0.39 is 0 Å². The molecule has 0 saturated carbocycles. The number of non-ortho nitro benzene ring substituents is 1. The number of rotatable bonds is 4. The fraction of sp³-hybridized carbons (Fsp3) is 0.143. The highest BCUT2D eigenvalue weighted by atomic mass is 16.7. The second-order valence-corrected chi connectivity index (χ2v) is 6.27. The van der Waals surface area contributed by atoms with Gasteiger partial charge in [0.1, 0.15) is 6.10 Å². The first-order valence-corrected chi connectivity index (χ1v) is 8.53. The molecule has 1 fully saturated rings. The Morgan fingerprint density at radius 2 is 1.54 bits per heavy atom. The fourth-order valence-corrected chi connectivity index (χ4v) is 3.35. The lowest BCUT2D eigenvalue weighted by molar-refractivity contribution is -0.384. The van der Waals surface area contributed by atoms with Crippen LogP contribution < -0.4 is 5.06 Å². The Bertz CT molecular complexity index is 899. The molecule has 1 aliphatic heterocycles. The Morgan fingerprint density at radius 1 is 0.885 bits per heavy atom. The monoisotopic (exact) mass is 346 g/mol. The first-order valence-electron chi connectivity index (χ1n) is 8.53. The van der Waals surface area contributed by atoms with Crippen molar-refractivity contribution in [3.63, 3.8) is 0 Å². The van der Waals surface area contributed by atoms with Crippen LogP contribution in [0.15, 0.2) is 84.9 Å². The predicted octanol–water partition coefficient (Wildman–Crippen LogP) is 5.22. The molecule has 5 nitrogen and oxygen atoms in total. The highest BCUT2D eigenvalue weighted by molar-refractivity contribution is 5.49. The summed E-state index contributed by atoms with van der Waals surface area (Å²) in [6.07, 6.45) is 0.626. The highest BCUT2D eigenvalue weighted by Crippen LogP contribution is 2.44. The molecule has 0 bridgehead atoms. The quantitative estimate of drug-likeness (QED) is 0.480. The molecule has 0 radical (unpaired) electrons. The van der Waals surface area contributed by atoms with Gasteiger partial charge in [-0.2, -0.15) is 0 Å². The zero-order valence-electron chi connectivity index (χ0n) is 14.1. The topological polar surface area (TPSA) is 55.6 Å². The number of benzene rings is 3. The lowest BCUT2D eigenvalue weighted by atomic mass is 9.97. The number of nitrogens with zero attached hydrogens (tertiary/aromatic N) is 2. The van der Waals surface area contributed by atoms with Gasteiger partial charge in [-0.05, 0) is 23.3 Å². The van der Waals surface area contributed by atoms with Crippen LogP contribution >= 0.6 is 0 Å². The zero-order valence-corrected chi connectivity index (χ0v) is 14.1. The first kappa shape index (κ1) is 16.3. The highest BCUT2D eigenvalue weighted by Gasteiger charge is 2.36. The predicted molar refractivity (Wildman–Crippen MR) is 99.6 cm³/mol. The summed E-state index contributed by atoms with van der Waals surface area (Å²) >= 11 is 0. The summed E-state index contributed by atoms with van der Waals surface area (Å²) in [6.45, 7) is 0. The van der Waals surface area contributed by atoms with Gasteiger partial charge in [0.25, 0.3) is 5.69 Å². The molecule has 1 heterocycles. The van der Waals surface area contributed by atoms with Gasteiger partial charge in [-0.3, -0.25) is 15.0 Å². The third kappa shape index (κ3) is 3.17. The SMILES string of the molecule is O=[N+]([O-])c1cccc([C@H]2C[C@@H](c3ccccc3)ON2c2ccccc2)c1. The number of hydrogen-bond acceptors (Lipinski definition) is 4. The Labute approximate surface area is 151 Å². The number of nitro benzene ring substituents is 1. The summed E-state index contributed by atoms with van der Waals surface area (Å²) in [6, 6.07) is 26.6. The van der Waals surface area contributed by atoms with Crippen molar-refractivity contribution in [2.45, 2.75) is 18.6 Å². The van der Waals surface area contributed by atoms with Crippen LogP contribution in [0.2, 0.25) is 0 Å². The summed E-state index contributed by atoms with van der Waals surface area (Å²) in [5.41, 5.74) is 3.00. The van der Waals surface area contributed by atoms with Crippen molar-refractivity contribution < 1.29 is 9.76 Å². The van der Waals surface area contributed by atoms with Gasteiger partial charge in [0, 0.05) is 18.6 Å². The van der Waals surface area contributed by atoms with Crippen LogP contribution in [-0.4, -0.2) is 4.92 Å². The molecule has 0 amide bonds. The molecule has 0 aliphatic carbocycles. The van der Waals surface area contributed by atoms with E-state index in [1.54, 1.807) is 12.1 Å². The Morgan fingerprint density at radius 3 is 2.23 bits per heavy atom. The maximum atomic E-state index is 11.2. The Kier molecular flexibility index (Phi) is 4.37. The lowest BCUT2D eigenvalue weighted by Gasteiger charge is -2.25. The molecule has 1 saturated heterocycles. The summed E-state index contributed by atoms with van der Waals surface area (Å²) in [4.78, 5) is 17.1. The smallest absolute Gasteiger partial charge is 0.265 e. The first-order chi connectivity index (χ1) is 12.7. The molecule has 3 aromatic carbocycles. The second-order valence-electron chi connectivity index (χ2n) is 6.27. The van der Waals surface area contributed by atoms with Gasteiger partial charge in [-0.25, -0.2) is 5.06 Å². The summed E-state index contributed by atoms with van der Waals surface area (Å²) < 4.78 is 0. The molecule has 4 rings (SSSR count). The molecule has 5 heteroatoms. The summed E-state index contributed by atoms with van der Waals surface area (Å²) in [7, 11) is 0. The Balaban J connectivity index is 1.72. The molecule has 1 aliphatic rings. The van der Waals surface area contributed by atoms with Gasteiger partial charge in [0.05, 0.1) is 16.7 Å². The van der Waals surface area contributed by atoms with E-state index in [0.717, 1.165) is 23.2 Å². The van der Waals surface area contributed by atoms with Crippen LogP contribution in [0.1, 0.15) is 29.7 Å². The van der Waals surface area contributed by atoms with Crippen molar-refractivity contribution in [2.75, 3.05) is 5.06 Å². The van der Waals surface area contributed by atoms with Crippen LogP contribution in [0.5, 0.6) is 0 Å². The van der Waals surface area contributed by atoms with Crippen LogP contribution in [0.25, 0.3) is 0 Å². The van der Waals surface area contributed by atoms with E-state index in [1.807, 2.05) is 71.8 Å². The minimum atomic E-state index is -0.360. The van der Waals surface area contributed by atoms with E-state index in [4.69, 9.17) is 4.84 Å². The van der Waals surface area contributed by atoms with Gasteiger partial charge in [-0.15, -0.1) is 0 Å². The van der Waals surface area contributed by atoms with Crippen molar-refractivity contribution in [2.24, 2.45) is 0 Å². The molecule has 2 atom stereocenters. The molecule has 0 N–H and O–H groups in total. The van der Waals surface area contributed by atoms with Crippen LogP contribution in [-0.2, 0) is 4.84 Å². The number of anilines is 1. The average molecular weight is 346 g/mol. The molecule has 3 aromatic rings. The standard InChI is InChI=1S/C21H18N2O3/c24-23(25)19-13-7-10-17(14-19)20-15-21(16-8-3-1-4-9-16)26-22(20)18-11-5-2-6-12-18/h1-14,20-21H,15H2/t20-,21+/m1/s1. The third-order valence-electron chi connectivity index (χ3n) is 4.61. The van der Waals surface area contributed by atoms with E-state index in [-0.39, 0.29) is 22.8 Å². The lowest BCUT2D eigenvalue weighted by Crippen LogP contribution is -2.21. The minimum Gasteiger partial charge on any atom is -0.265 e. The van der Waals surface area contributed by atoms with E-state index in [9.17, 15) is 10.1 Å². The molecule has 130 valence electrons. The molecule has 0 aromatic heterocycles. The number of hydrogen-bond donors (Lipinski definition) is 0. The van der Waals surface area contributed by atoms with Crippen LogP contribution in [0, 0.1) is 10.1 Å². The molecular weight excluding hydrogens is 328 g/mol. The normalized spacial score (nSPS) is 19.5. The molecule has 0 spiro atoms. The molecule has 0 unspecified atom stereocenters. The van der Waals surface area contributed by atoms with Crippen molar-refractivity contribution >= 4 is 11.4 Å². The van der Waals surface area contributed by atoms with E-state index in [0.29, 0.717) is 0 Å². The minimum absolute atomic E-state index is 0.0949. The maximum Gasteiger partial charge on any atom is 0.269 e. The average Bonchev–Trinajstić information content (AvgIpc) is 3.15.